The van der Waals surface area contributed by atoms with Gasteiger partial charge in [-0.25, -0.2) is 0 Å². The standard InChI is InChI=1S/C49H63N9O5/c1-52-47(61)13-11-42(34-60)55(2)32-41-27-35(8-9-40(41)33-59)5-4-20-56-21-14-36(15-22-56)30-57-23-16-37(17-24-57)31-58-25-18-43(19-26-58)62-44-7-3-6-38(28-44)48-45-29-39(49(50)53-51)10-12-46(45)54-63-48/h3,6-10,12,27-29,33-34,36-37,42-43H,11,13-26,30-32,51H2,1-2H3,(H2,50,53)(H,52,61). The van der Waals surface area contributed by atoms with Crippen LogP contribution < -0.4 is 21.6 Å². The van der Waals surface area contributed by atoms with Crippen LogP contribution in [0.3, 0.4) is 0 Å². The lowest BCUT2D eigenvalue weighted by Gasteiger charge is -2.39. The van der Waals surface area contributed by atoms with Gasteiger partial charge in [-0.05, 0) is 138 Å². The van der Waals surface area contributed by atoms with Crippen LogP contribution in [-0.4, -0.2) is 134 Å². The quantitative estimate of drug-likeness (QED) is 0.0333. The van der Waals surface area contributed by atoms with Gasteiger partial charge in [-0.3, -0.25) is 19.4 Å². The number of hydrogen-bond acceptors (Lipinski definition) is 12. The number of likely N-dealkylation sites (tertiary alicyclic amines) is 3. The number of fused-ring (bicyclic) bond motifs is 1. The Morgan fingerprint density at radius 3 is 2.32 bits per heavy atom. The molecule has 14 heteroatoms. The number of carbonyl (C=O) groups is 3. The normalized spacial score (nSPS) is 18.2. The fraction of sp³-hybridized carbons (Fsp3) is 0.490. The van der Waals surface area contributed by atoms with Gasteiger partial charge >= 0.3 is 0 Å². The van der Waals surface area contributed by atoms with Gasteiger partial charge in [0.1, 0.15) is 35.8 Å². The highest BCUT2D eigenvalue weighted by atomic mass is 16.5. The molecule has 0 bridgehead atoms. The number of amidine groups is 1. The lowest BCUT2D eigenvalue weighted by molar-refractivity contribution is -0.121. The fourth-order valence-electron chi connectivity index (χ4n) is 9.28. The molecule has 3 aliphatic rings. The topological polar surface area (TPSA) is 176 Å². The maximum atomic E-state index is 11.8. The van der Waals surface area contributed by atoms with Crippen molar-refractivity contribution in [2.45, 2.75) is 70.1 Å². The summed E-state index contributed by atoms with van der Waals surface area (Å²) >= 11 is 0. The third-order valence-electron chi connectivity index (χ3n) is 13.2. The average molecular weight is 858 g/mol. The highest BCUT2D eigenvalue weighted by Gasteiger charge is 2.28. The van der Waals surface area contributed by atoms with Gasteiger partial charge in [0.2, 0.25) is 5.91 Å². The van der Waals surface area contributed by atoms with Crippen molar-refractivity contribution in [3.05, 3.63) is 82.9 Å². The summed E-state index contributed by atoms with van der Waals surface area (Å²) < 4.78 is 12.3. The SMILES string of the molecule is CNC(=O)CCC(C=O)N(C)Cc1cc(C#CCN2CCC(CN3CCC(CN4CCC(Oc5cccc(-c6onc7ccc(/C(N)=N/N)cc67)c5)CC4)CC3)CC2)ccc1C=O. The van der Waals surface area contributed by atoms with Crippen LogP contribution in [0.1, 0.15) is 78.4 Å². The molecule has 1 amide bonds. The summed E-state index contributed by atoms with van der Waals surface area (Å²) in [6.07, 6.45) is 9.53. The number of nitrogens with zero attached hydrogens (tertiary/aromatic N) is 6. The van der Waals surface area contributed by atoms with Crippen molar-refractivity contribution >= 4 is 35.2 Å². The minimum Gasteiger partial charge on any atom is -0.490 e. The van der Waals surface area contributed by atoms with Crippen LogP contribution in [0.15, 0.2) is 70.3 Å². The molecule has 334 valence electrons. The van der Waals surface area contributed by atoms with Crippen molar-refractivity contribution in [1.29, 1.82) is 0 Å². The molecule has 3 aliphatic heterocycles. The largest absolute Gasteiger partial charge is 0.490 e. The molecule has 63 heavy (non-hydrogen) atoms. The zero-order chi connectivity index (χ0) is 44.1. The Hall–Kier alpha value is -5.59. The zero-order valence-electron chi connectivity index (χ0n) is 36.8. The zero-order valence-corrected chi connectivity index (χ0v) is 36.8. The number of rotatable bonds is 17. The number of aldehydes is 2. The minimum atomic E-state index is -0.420. The van der Waals surface area contributed by atoms with Crippen LogP contribution >= 0.6 is 0 Å². The van der Waals surface area contributed by atoms with E-state index in [0.29, 0.717) is 24.3 Å². The minimum absolute atomic E-state index is 0.101. The summed E-state index contributed by atoms with van der Waals surface area (Å²) in [7, 11) is 3.42. The number of benzene rings is 3. The first kappa shape index (κ1) is 45.4. The first-order valence-electron chi connectivity index (χ1n) is 22.5. The molecule has 4 heterocycles. The predicted molar refractivity (Wildman–Crippen MR) is 246 cm³/mol. The highest BCUT2D eigenvalue weighted by Crippen LogP contribution is 2.33. The van der Waals surface area contributed by atoms with Crippen LogP contribution in [0.25, 0.3) is 22.2 Å². The van der Waals surface area contributed by atoms with E-state index in [2.05, 4.69) is 42.1 Å². The number of amides is 1. The fourth-order valence-corrected chi connectivity index (χ4v) is 9.28. The monoisotopic (exact) mass is 857 g/mol. The molecule has 1 aromatic heterocycles. The third-order valence-corrected chi connectivity index (χ3v) is 13.2. The lowest BCUT2D eigenvalue weighted by Crippen LogP contribution is -2.45. The second-order valence-corrected chi connectivity index (χ2v) is 17.5. The number of aromatic nitrogens is 1. The molecule has 1 atom stereocenters. The van der Waals surface area contributed by atoms with E-state index in [-0.39, 0.29) is 24.3 Å². The molecule has 1 unspecified atom stereocenters. The smallest absolute Gasteiger partial charge is 0.219 e. The van der Waals surface area contributed by atoms with Crippen LogP contribution in [0.4, 0.5) is 0 Å². The lowest BCUT2D eigenvalue weighted by atomic mass is 9.92. The molecule has 0 saturated carbocycles. The molecule has 4 aromatic rings. The maximum Gasteiger partial charge on any atom is 0.219 e. The van der Waals surface area contributed by atoms with E-state index >= 15 is 0 Å². The molecule has 0 radical (unpaired) electrons. The molecule has 14 nitrogen and oxygen atoms in total. The Labute approximate surface area is 371 Å². The molecule has 0 aliphatic carbocycles. The second kappa shape index (κ2) is 22.2. The summed E-state index contributed by atoms with van der Waals surface area (Å²) in [6, 6.07) is 18.8. The second-order valence-electron chi connectivity index (χ2n) is 17.5. The van der Waals surface area contributed by atoms with Crippen molar-refractivity contribution in [3.63, 3.8) is 0 Å². The van der Waals surface area contributed by atoms with Crippen molar-refractivity contribution in [2.75, 3.05) is 73.0 Å². The van der Waals surface area contributed by atoms with Gasteiger partial charge in [0.15, 0.2) is 5.76 Å². The molecule has 7 rings (SSSR count). The van der Waals surface area contributed by atoms with Crippen molar-refractivity contribution in [1.82, 2.24) is 30.1 Å². The molecular formula is C49H63N9O5. The number of nitrogens with two attached hydrogens (primary N) is 2. The van der Waals surface area contributed by atoms with E-state index < -0.39 is 6.04 Å². The molecule has 3 aromatic carbocycles. The summed E-state index contributed by atoms with van der Waals surface area (Å²) in [6.45, 7) is 10.1. The molecule has 3 saturated heterocycles. The van der Waals surface area contributed by atoms with Crippen LogP contribution in [0.2, 0.25) is 0 Å². The first-order chi connectivity index (χ1) is 30.7. The number of likely N-dealkylation sites (N-methyl/N-ethyl adjacent to an activating group) is 1. The Balaban J connectivity index is 0.790. The number of hydrazone groups is 1. The van der Waals surface area contributed by atoms with Crippen LogP contribution in [-0.2, 0) is 16.1 Å². The Bertz CT molecular complexity index is 2260. The van der Waals surface area contributed by atoms with Gasteiger partial charge in [-0.2, -0.15) is 5.10 Å². The molecule has 5 N–H and O–H groups in total. The van der Waals surface area contributed by atoms with Crippen LogP contribution in [0, 0.1) is 23.7 Å². The Kier molecular flexibility index (Phi) is 16.0. The van der Waals surface area contributed by atoms with Gasteiger partial charge in [0.25, 0.3) is 0 Å². The summed E-state index contributed by atoms with van der Waals surface area (Å²) in [4.78, 5) is 44.9. The van der Waals surface area contributed by atoms with Gasteiger partial charge in [-0.1, -0.05) is 35.2 Å². The molecule has 0 spiro atoms. The van der Waals surface area contributed by atoms with E-state index in [0.717, 1.165) is 109 Å². The Morgan fingerprint density at radius 1 is 0.952 bits per heavy atom. The third kappa shape index (κ3) is 12.3. The average Bonchev–Trinajstić information content (AvgIpc) is 3.74. The van der Waals surface area contributed by atoms with E-state index in [9.17, 15) is 14.4 Å². The molecule has 3 fully saturated rings. The Morgan fingerprint density at radius 2 is 1.65 bits per heavy atom. The predicted octanol–water partition coefficient (Wildman–Crippen LogP) is 4.73. The van der Waals surface area contributed by atoms with E-state index in [1.807, 2.05) is 66.5 Å². The van der Waals surface area contributed by atoms with E-state index in [1.54, 1.807) is 13.1 Å². The number of ether oxygens (including phenoxy) is 1. The highest BCUT2D eigenvalue weighted by molar-refractivity contribution is 6.02. The van der Waals surface area contributed by atoms with Gasteiger partial charge < -0.3 is 40.7 Å². The first-order valence-corrected chi connectivity index (χ1v) is 22.5. The van der Waals surface area contributed by atoms with Gasteiger partial charge in [0, 0.05) is 68.4 Å². The van der Waals surface area contributed by atoms with Crippen molar-refractivity contribution in [2.24, 2.45) is 28.5 Å². The summed E-state index contributed by atoms with van der Waals surface area (Å²) in [5, 5.41) is 11.3. The molecular weight excluding hydrogens is 795 g/mol. The van der Waals surface area contributed by atoms with Crippen molar-refractivity contribution in [3.8, 4) is 28.9 Å². The van der Waals surface area contributed by atoms with E-state index in [1.165, 1.54) is 51.9 Å². The number of hydrogen-bond donors (Lipinski definition) is 3. The van der Waals surface area contributed by atoms with Gasteiger partial charge in [0.05, 0.1) is 18.0 Å². The van der Waals surface area contributed by atoms with Crippen molar-refractivity contribution < 1.29 is 23.6 Å². The van der Waals surface area contributed by atoms with E-state index in [4.69, 9.17) is 20.8 Å². The number of piperidine rings is 3. The van der Waals surface area contributed by atoms with Gasteiger partial charge in [-0.15, -0.1) is 0 Å². The number of nitrogens with one attached hydrogen (secondary N) is 1. The maximum absolute atomic E-state index is 11.8. The van der Waals surface area contributed by atoms with Crippen LogP contribution in [0.5, 0.6) is 5.75 Å². The summed E-state index contributed by atoms with van der Waals surface area (Å²) in [5.74, 6) is 15.2. The summed E-state index contributed by atoms with van der Waals surface area (Å²) in [5.41, 5.74) is 10.6. The number of carbonyl (C=O) groups excluding carboxylic acids is 3.